The van der Waals surface area contributed by atoms with Crippen LogP contribution < -0.4 is 5.73 Å². The van der Waals surface area contributed by atoms with Crippen LogP contribution in [0.3, 0.4) is 0 Å². The summed E-state index contributed by atoms with van der Waals surface area (Å²) in [6, 6.07) is 8.82. The minimum atomic E-state index is -0.995. The molecule has 0 unspecified atom stereocenters. The van der Waals surface area contributed by atoms with Gasteiger partial charge in [0, 0.05) is 11.3 Å². The molecule has 1 aromatic heterocycles. The topological polar surface area (TPSA) is 89.4 Å². The Bertz CT molecular complexity index is 542. The summed E-state index contributed by atoms with van der Waals surface area (Å²) >= 11 is 1.39. The number of aromatic nitrogens is 1. The summed E-state index contributed by atoms with van der Waals surface area (Å²) in [7, 11) is 0. The quantitative estimate of drug-likeness (QED) is 0.840. The van der Waals surface area contributed by atoms with Gasteiger partial charge < -0.3 is 15.3 Å². The lowest BCUT2D eigenvalue weighted by Crippen LogP contribution is -2.32. The maximum atomic E-state index is 10.6. The second-order valence-electron chi connectivity index (χ2n) is 3.94. The van der Waals surface area contributed by atoms with E-state index in [1.165, 1.54) is 11.8 Å². The first kappa shape index (κ1) is 13.6. The second-order valence-corrected chi connectivity index (χ2v) is 4.97. The summed E-state index contributed by atoms with van der Waals surface area (Å²) in [5.74, 6) is 1.12. The van der Waals surface area contributed by atoms with Gasteiger partial charge >= 0.3 is 5.97 Å². The van der Waals surface area contributed by atoms with Gasteiger partial charge in [-0.2, -0.15) is 0 Å². The number of hydrogen-bond acceptors (Lipinski definition) is 5. The highest BCUT2D eigenvalue weighted by Gasteiger charge is 2.12. The van der Waals surface area contributed by atoms with Crippen LogP contribution in [0.2, 0.25) is 0 Å². The number of thioether (sulfide) groups is 1. The number of carbonyl (C=O) groups is 1. The number of carboxylic acid groups (broad SMARTS) is 1. The van der Waals surface area contributed by atoms with Crippen molar-refractivity contribution in [3.63, 3.8) is 0 Å². The molecule has 0 spiro atoms. The summed E-state index contributed by atoms with van der Waals surface area (Å²) in [4.78, 5) is 14.7. The van der Waals surface area contributed by atoms with Crippen LogP contribution in [0.5, 0.6) is 0 Å². The van der Waals surface area contributed by atoms with Crippen molar-refractivity contribution in [2.24, 2.45) is 5.73 Å². The number of nitrogens with zero attached hydrogens (tertiary/aromatic N) is 1. The Kier molecular flexibility index (Phi) is 4.59. The van der Waals surface area contributed by atoms with E-state index in [1.807, 2.05) is 30.3 Å². The van der Waals surface area contributed by atoms with Crippen molar-refractivity contribution in [2.75, 3.05) is 5.75 Å². The Morgan fingerprint density at radius 1 is 1.42 bits per heavy atom. The molecule has 0 saturated carbocycles. The number of hydrogen-bond donors (Lipinski definition) is 2. The van der Waals surface area contributed by atoms with Gasteiger partial charge in [0.05, 0.1) is 11.9 Å². The highest BCUT2D eigenvalue weighted by molar-refractivity contribution is 7.98. The number of rotatable bonds is 6. The first-order valence-electron chi connectivity index (χ1n) is 5.73. The van der Waals surface area contributed by atoms with Gasteiger partial charge in [-0.1, -0.05) is 30.3 Å². The molecule has 1 atom stereocenters. The molecule has 0 amide bonds. The molecule has 6 heteroatoms. The van der Waals surface area contributed by atoms with Crippen molar-refractivity contribution in [2.45, 2.75) is 11.8 Å². The van der Waals surface area contributed by atoms with Crippen LogP contribution in [0.15, 0.2) is 40.9 Å². The first-order valence-corrected chi connectivity index (χ1v) is 6.88. The van der Waals surface area contributed by atoms with Crippen LogP contribution in [-0.2, 0) is 10.5 Å². The minimum Gasteiger partial charge on any atom is -0.480 e. The molecular weight excluding hydrogens is 264 g/mol. The molecule has 3 N–H and O–H groups in total. The molecule has 0 saturated heterocycles. The van der Waals surface area contributed by atoms with Crippen LogP contribution in [-0.4, -0.2) is 27.9 Å². The Labute approximate surface area is 114 Å². The van der Waals surface area contributed by atoms with Crippen LogP contribution in [0.1, 0.15) is 5.89 Å². The lowest BCUT2D eigenvalue weighted by molar-refractivity contribution is -0.137. The molecule has 2 aromatic rings. The molecule has 0 aliphatic heterocycles. The average molecular weight is 278 g/mol. The van der Waals surface area contributed by atoms with E-state index in [-0.39, 0.29) is 0 Å². The molecule has 5 nitrogen and oxygen atoms in total. The number of aliphatic carboxylic acids is 1. The molecular formula is C13H14N2O3S. The third-order valence-corrected chi connectivity index (χ3v) is 3.50. The van der Waals surface area contributed by atoms with Gasteiger partial charge in [0.2, 0.25) is 5.89 Å². The van der Waals surface area contributed by atoms with E-state index < -0.39 is 12.0 Å². The Morgan fingerprint density at radius 2 is 2.16 bits per heavy atom. The molecule has 2 rings (SSSR count). The van der Waals surface area contributed by atoms with Gasteiger partial charge in [-0.3, -0.25) is 4.79 Å². The van der Waals surface area contributed by atoms with Crippen molar-refractivity contribution in [3.05, 3.63) is 42.4 Å². The third-order valence-electron chi connectivity index (χ3n) is 2.45. The summed E-state index contributed by atoms with van der Waals surface area (Å²) in [6.45, 7) is 0. The van der Waals surface area contributed by atoms with E-state index in [0.29, 0.717) is 23.2 Å². The van der Waals surface area contributed by atoms with Crippen molar-refractivity contribution in [1.82, 2.24) is 4.98 Å². The predicted octanol–water partition coefficient (Wildman–Crippen LogP) is 1.99. The molecule has 1 heterocycles. The second kappa shape index (κ2) is 6.40. The van der Waals surface area contributed by atoms with Gasteiger partial charge in [0.15, 0.2) is 5.76 Å². The van der Waals surface area contributed by atoms with E-state index in [1.54, 1.807) is 6.20 Å². The Morgan fingerprint density at radius 3 is 2.84 bits per heavy atom. The summed E-state index contributed by atoms with van der Waals surface area (Å²) in [6.07, 6.45) is 1.67. The average Bonchev–Trinajstić information content (AvgIpc) is 2.88. The normalized spacial score (nSPS) is 12.3. The summed E-state index contributed by atoms with van der Waals surface area (Å²) in [5, 5.41) is 8.65. The van der Waals surface area contributed by atoms with E-state index in [0.717, 1.165) is 5.56 Å². The Hall–Kier alpha value is -1.79. The van der Waals surface area contributed by atoms with Crippen LogP contribution in [0.4, 0.5) is 0 Å². The number of benzene rings is 1. The fraction of sp³-hybridized carbons (Fsp3) is 0.231. The maximum Gasteiger partial charge on any atom is 0.321 e. The zero-order valence-electron chi connectivity index (χ0n) is 10.2. The Balaban J connectivity index is 1.90. The molecule has 100 valence electrons. The molecule has 0 bridgehead atoms. The predicted molar refractivity (Wildman–Crippen MR) is 73.7 cm³/mol. The standard InChI is InChI=1S/C13H14N2O3S/c14-10(13(16)17)7-19-8-12-15-6-11(18-12)9-4-2-1-3-5-9/h1-6,10H,7-8,14H2,(H,16,17)/t10-/m1/s1. The lowest BCUT2D eigenvalue weighted by atomic mass is 10.2. The zero-order chi connectivity index (χ0) is 13.7. The molecule has 0 aliphatic carbocycles. The van der Waals surface area contributed by atoms with Gasteiger partial charge in [0.25, 0.3) is 0 Å². The lowest BCUT2D eigenvalue weighted by Gasteiger charge is -2.03. The van der Waals surface area contributed by atoms with Gasteiger partial charge in [-0.05, 0) is 0 Å². The van der Waals surface area contributed by atoms with Gasteiger partial charge in [-0.25, -0.2) is 4.98 Å². The van der Waals surface area contributed by atoms with Gasteiger partial charge in [-0.15, -0.1) is 11.8 Å². The first-order chi connectivity index (χ1) is 9.16. The van der Waals surface area contributed by atoms with Crippen LogP contribution in [0.25, 0.3) is 11.3 Å². The van der Waals surface area contributed by atoms with E-state index >= 15 is 0 Å². The van der Waals surface area contributed by atoms with Crippen LogP contribution >= 0.6 is 11.8 Å². The highest BCUT2D eigenvalue weighted by atomic mass is 32.2. The smallest absolute Gasteiger partial charge is 0.321 e. The summed E-state index contributed by atoms with van der Waals surface area (Å²) in [5.41, 5.74) is 6.37. The fourth-order valence-corrected chi connectivity index (χ4v) is 2.28. The van der Waals surface area contributed by atoms with E-state index in [4.69, 9.17) is 15.3 Å². The van der Waals surface area contributed by atoms with E-state index in [9.17, 15) is 4.79 Å². The molecule has 0 aliphatic rings. The van der Waals surface area contributed by atoms with Gasteiger partial charge in [0.1, 0.15) is 6.04 Å². The highest BCUT2D eigenvalue weighted by Crippen LogP contribution is 2.21. The third kappa shape index (κ3) is 3.84. The largest absolute Gasteiger partial charge is 0.480 e. The van der Waals surface area contributed by atoms with Crippen molar-refractivity contribution in [3.8, 4) is 11.3 Å². The van der Waals surface area contributed by atoms with Crippen molar-refractivity contribution >= 4 is 17.7 Å². The number of carboxylic acids is 1. The van der Waals surface area contributed by atoms with Crippen LogP contribution in [0, 0.1) is 0 Å². The molecule has 0 radical (unpaired) electrons. The monoisotopic (exact) mass is 278 g/mol. The fourth-order valence-electron chi connectivity index (χ4n) is 1.46. The molecule has 19 heavy (non-hydrogen) atoms. The SMILES string of the molecule is N[C@H](CSCc1ncc(-c2ccccc2)o1)C(=O)O. The minimum absolute atomic E-state index is 0.332. The molecule has 1 aromatic carbocycles. The maximum absolute atomic E-state index is 10.6. The molecule has 0 fully saturated rings. The number of nitrogens with two attached hydrogens (primary N) is 1. The van der Waals surface area contributed by atoms with E-state index in [2.05, 4.69) is 4.98 Å². The van der Waals surface area contributed by atoms with Crippen molar-refractivity contribution in [1.29, 1.82) is 0 Å². The summed E-state index contributed by atoms with van der Waals surface area (Å²) < 4.78 is 5.59. The number of oxazole rings is 1. The zero-order valence-corrected chi connectivity index (χ0v) is 11.0. The van der Waals surface area contributed by atoms with Crippen molar-refractivity contribution < 1.29 is 14.3 Å².